The Bertz CT molecular complexity index is 600. The average molecular weight is 286 g/mol. The lowest BCUT2D eigenvalue weighted by Crippen LogP contribution is -2.05. The highest BCUT2D eigenvalue weighted by Gasteiger charge is 2.15. The highest BCUT2D eigenvalue weighted by Crippen LogP contribution is 2.31. The maximum absolute atomic E-state index is 10.6. The molecule has 1 N–H and O–H groups in total. The molecule has 0 heterocycles. The van der Waals surface area contributed by atoms with Gasteiger partial charge in [-0.1, -0.05) is 29.3 Å². The van der Waals surface area contributed by atoms with Crippen molar-refractivity contribution in [2.75, 3.05) is 14.2 Å². The Morgan fingerprint density at radius 1 is 0.952 bits per heavy atom. The Hall–Kier alpha value is -2.00. The molecule has 2 rings (SSSR count). The molecule has 0 radical (unpaired) electrons. The zero-order chi connectivity index (χ0) is 15.4. The van der Waals surface area contributed by atoms with Crippen LogP contribution in [0.5, 0.6) is 11.5 Å². The molecule has 0 aliphatic carbocycles. The number of aliphatic hydroxyl groups is 1. The van der Waals surface area contributed by atoms with Gasteiger partial charge in [0.05, 0.1) is 20.3 Å². The third-order valence-corrected chi connectivity index (χ3v) is 3.51. The Morgan fingerprint density at radius 3 is 2.19 bits per heavy atom. The van der Waals surface area contributed by atoms with Crippen molar-refractivity contribution >= 4 is 0 Å². The number of aliphatic hydroxyl groups excluding tert-OH is 1. The quantitative estimate of drug-likeness (QED) is 0.912. The van der Waals surface area contributed by atoms with Crippen LogP contribution in [0.2, 0.25) is 0 Å². The van der Waals surface area contributed by atoms with E-state index in [1.807, 2.05) is 18.2 Å². The zero-order valence-corrected chi connectivity index (χ0v) is 13.0. The molecular weight excluding hydrogens is 264 g/mol. The lowest BCUT2D eigenvalue weighted by molar-refractivity contribution is 0.173. The minimum atomic E-state index is -0.628. The van der Waals surface area contributed by atoms with E-state index in [0.717, 1.165) is 11.1 Å². The van der Waals surface area contributed by atoms with E-state index in [2.05, 4.69) is 32.0 Å². The van der Waals surface area contributed by atoms with Gasteiger partial charge < -0.3 is 14.6 Å². The van der Waals surface area contributed by atoms with Crippen molar-refractivity contribution in [3.05, 3.63) is 58.7 Å². The maximum atomic E-state index is 10.6. The van der Waals surface area contributed by atoms with Crippen LogP contribution in [-0.4, -0.2) is 19.3 Å². The van der Waals surface area contributed by atoms with Gasteiger partial charge in [0, 0.05) is 12.0 Å². The van der Waals surface area contributed by atoms with Crippen LogP contribution in [-0.2, 0) is 6.42 Å². The van der Waals surface area contributed by atoms with Gasteiger partial charge in [-0.05, 0) is 37.6 Å². The largest absolute Gasteiger partial charge is 0.497 e. The van der Waals surface area contributed by atoms with Crippen LogP contribution in [0.3, 0.4) is 0 Å². The fourth-order valence-corrected chi connectivity index (χ4v) is 2.62. The molecule has 3 nitrogen and oxygen atoms in total. The summed E-state index contributed by atoms with van der Waals surface area (Å²) in [6.07, 6.45) is -0.0808. The van der Waals surface area contributed by atoms with Gasteiger partial charge >= 0.3 is 0 Å². The summed E-state index contributed by atoms with van der Waals surface area (Å²) in [7, 11) is 3.22. The first-order chi connectivity index (χ1) is 10.0. The van der Waals surface area contributed by atoms with Crippen LogP contribution in [0, 0.1) is 13.8 Å². The second-order valence-corrected chi connectivity index (χ2v) is 5.32. The molecule has 0 bridgehead atoms. The molecule has 112 valence electrons. The predicted octanol–water partition coefficient (Wildman–Crippen LogP) is 3.60. The number of rotatable bonds is 5. The van der Waals surface area contributed by atoms with Gasteiger partial charge in [0.2, 0.25) is 0 Å². The first-order valence-corrected chi connectivity index (χ1v) is 7.00. The fourth-order valence-electron chi connectivity index (χ4n) is 2.62. The van der Waals surface area contributed by atoms with Gasteiger partial charge in [-0.25, -0.2) is 0 Å². The van der Waals surface area contributed by atoms with E-state index in [1.54, 1.807) is 14.2 Å². The molecule has 0 fully saturated rings. The molecule has 0 aliphatic rings. The second kappa shape index (κ2) is 6.64. The molecule has 2 aromatic carbocycles. The smallest absolute Gasteiger partial charge is 0.124 e. The highest BCUT2D eigenvalue weighted by atomic mass is 16.5. The lowest BCUT2D eigenvalue weighted by atomic mass is 9.98. The van der Waals surface area contributed by atoms with Gasteiger partial charge in [0.1, 0.15) is 11.5 Å². The van der Waals surface area contributed by atoms with E-state index >= 15 is 0 Å². The van der Waals surface area contributed by atoms with Gasteiger partial charge in [-0.2, -0.15) is 0 Å². The molecule has 2 aromatic rings. The summed E-state index contributed by atoms with van der Waals surface area (Å²) in [6, 6.07) is 11.8. The van der Waals surface area contributed by atoms with Crippen molar-refractivity contribution < 1.29 is 14.6 Å². The molecule has 0 aromatic heterocycles. The van der Waals surface area contributed by atoms with E-state index in [4.69, 9.17) is 9.47 Å². The molecule has 1 unspecified atom stereocenters. The fraction of sp³-hybridized carbons (Fsp3) is 0.333. The van der Waals surface area contributed by atoms with E-state index in [-0.39, 0.29) is 0 Å². The standard InChI is InChI=1S/C18H22O3/c1-12-7-13(2)9-14(8-12)10-17(19)16-11-15(20-3)5-6-18(16)21-4/h5-9,11,17,19H,10H2,1-4H3. The molecule has 21 heavy (non-hydrogen) atoms. The van der Waals surface area contributed by atoms with Gasteiger partial charge in [-0.15, -0.1) is 0 Å². The molecule has 0 saturated carbocycles. The van der Waals surface area contributed by atoms with Crippen LogP contribution in [0.25, 0.3) is 0 Å². The third-order valence-electron chi connectivity index (χ3n) is 3.51. The van der Waals surface area contributed by atoms with Gasteiger partial charge in [0.25, 0.3) is 0 Å². The van der Waals surface area contributed by atoms with Crippen molar-refractivity contribution in [2.45, 2.75) is 26.4 Å². The molecule has 3 heteroatoms. The van der Waals surface area contributed by atoms with Crippen LogP contribution >= 0.6 is 0 Å². The maximum Gasteiger partial charge on any atom is 0.124 e. The first kappa shape index (κ1) is 15.4. The Kier molecular flexibility index (Phi) is 4.86. The minimum absolute atomic E-state index is 0.548. The Labute approximate surface area is 126 Å². The number of hydrogen-bond donors (Lipinski definition) is 1. The summed E-state index contributed by atoms with van der Waals surface area (Å²) in [4.78, 5) is 0. The molecular formula is C18H22O3. The Balaban J connectivity index is 2.28. The van der Waals surface area contributed by atoms with Crippen molar-refractivity contribution in [3.8, 4) is 11.5 Å². The van der Waals surface area contributed by atoms with Gasteiger partial charge in [-0.3, -0.25) is 0 Å². The summed E-state index contributed by atoms with van der Waals surface area (Å²) in [6.45, 7) is 4.13. The van der Waals surface area contributed by atoms with Crippen molar-refractivity contribution in [1.29, 1.82) is 0 Å². The third kappa shape index (κ3) is 3.76. The summed E-state index contributed by atoms with van der Waals surface area (Å²) in [5.41, 5.74) is 4.27. The summed E-state index contributed by atoms with van der Waals surface area (Å²) in [5.74, 6) is 1.39. The summed E-state index contributed by atoms with van der Waals surface area (Å²) >= 11 is 0. The second-order valence-electron chi connectivity index (χ2n) is 5.32. The van der Waals surface area contributed by atoms with Crippen molar-refractivity contribution in [3.63, 3.8) is 0 Å². The highest BCUT2D eigenvalue weighted by molar-refractivity contribution is 5.42. The van der Waals surface area contributed by atoms with Crippen LogP contribution in [0.15, 0.2) is 36.4 Å². The number of aryl methyl sites for hydroxylation is 2. The zero-order valence-electron chi connectivity index (χ0n) is 13.0. The van der Waals surface area contributed by atoms with E-state index < -0.39 is 6.10 Å². The predicted molar refractivity (Wildman–Crippen MR) is 84.1 cm³/mol. The topological polar surface area (TPSA) is 38.7 Å². The van der Waals surface area contributed by atoms with Crippen molar-refractivity contribution in [1.82, 2.24) is 0 Å². The van der Waals surface area contributed by atoms with E-state index in [1.165, 1.54) is 11.1 Å². The SMILES string of the molecule is COc1ccc(OC)c(C(O)Cc2cc(C)cc(C)c2)c1. The number of ether oxygens (including phenoxy) is 2. The van der Waals surface area contributed by atoms with E-state index in [9.17, 15) is 5.11 Å². The minimum Gasteiger partial charge on any atom is -0.497 e. The number of hydrogen-bond acceptors (Lipinski definition) is 3. The van der Waals surface area contributed by atoms with Gasteiger partial charge in [0.15, 0.2) is 0 Å². The van der Waals surface area contributed by atoms with Crippen LogP contribution in [0.4, 0.5) is 0 Å². The molecule has 0 aliphatic heterocycles. The van der Waals surface area contributed by atoms with Crippen molar-refractivity contribution in [2.24, 2.45) is 0 Å². The van der Waals surface area contributed by atoms with Crippen LogP contribution in [0.1, 0.15) is 28.4 Å². The summed E-state index contributed by atoms with van der Waals surface area (Å²) < 4.78 is 10.6. The molecule has 0 spiro atoms. The molecule has 0 amide bonds. The Morgan fingerprint density at radius 2 is 1.62 bits per heavy atom. The monoisotopic (exact) mass is 286 g/mol. The summed E-state index contributed by atoms with van der Waals surface area (Å²) in [5, 5.41) is 10.6. The number of methoxy groups -OCH3 is 2. The molecule has 0 saturated heterocycles. The van der Waals surface area contributed by atoms with Crippen LogP contribution < -0.4 is 9.47 Å². The average Bonchev–Trinajstić information content (AvgIpc) is 2.45. The normalized spacial score (nSPS) is 12.0. The number of benzene rings is 2. The van der Waals surface area contributed by atoms with E-state index in [0.29, 0.717) is 17.9 Å². The lowest BCUT2D eigenvalue weighted by Gasteiger charge is -2.16. The first-order valence-electron chi connectivity index (χ1n) is 7.00. The molecule has 1 atom stereocenters.